The van der Waals surface area contributed by atoms with E-state index in [0.29, 0.717) is 0 Å². The number of nitrogens with zero attached hydrogens (tertiary/aromatic N) is 3. The van der Waals surface area contributed by atoms with Crippen molar-refractivity contribution in [2.24, 2.45) is 5.92 Å². The molecule has 0 aliphatic carbocycles. The first-order valence-corrected chi connectivity index (χ1v) is 11.1. The van der Waals surface area contributed by atoms with Gasteiger partial charge in [-0.1, -0.05) is 24.3 Å². The molecule has 0 unspecified atom stereocenters. The van der Waals surface area contributed by atoms with Crippen LogP contribution in [0.25, 0.3) is 22.0 Å². The van der Waals surface area contributed by atoms with Crippen LogP contribution in [0.2, 0.25) is 0 Å². The molecular formula is C26H28N4O2. The van der Waals surface area contributed by atoms with E-state index in [-0.39, 0.29) is 5.92 Å². The van der Waals surface area contributed by atoms with Gasteiger partial charge in [0, 0.05) is 30.1 Å². The standard InChI is InChI=1S/C26H28N4O2/c1-32-24-7-6-19-13-21(5-4-20(19)14-24)25-23(16-28-29-25)17-30-11-8-18(9-12-30)26(31)22-3-2-10-27-15-22/h2-7,10,13-16,18,26,31H,8-9,11-12,17H2,1H3,(H,28,29)/t26-/m0/s1. The van der Waals surface area contributed by atoms with Crippen LogP contribution in [0.15, 0.2) is 67.1 Å². The molecule has 0 spiro atoms. The molecule has 2 aromatic carbocycles. The molecule has 1 saturated heterocycles. The monoisotopic (exact) mass is 428 g/mol. The maximum absolute atomic E-state index is 10.7. The molecule has 1 fully saturated rings. The molecule has 1 atom stereocenters. The van der Waals surface area contributed by atoms with Gasteiger partial charge >= 0.3 is 0 Å². The number of rotatable bonds is 6. The Bertz CT molecular complexity index is 1180. The number of likely N-dealkylation sites (tertiary alicyclic amines) is 1. The van der Waals surface area contributed by atoms with Gasteiger partial charge in [-0.25, -0.2) is 0 Å². The van der Waals surface area contributed by atoms with Crippen LogP contribution in [-0.2, 0) is 6.54 Å². The van der Waals surface area contributed by atoms with Crippen molar-refractivity contribution in [2.75, 3.05) is 20.2 Å². The summed E-state index contributed by atoms with van der Waals surface area (Å²) in [4.78, 5) is 6.60. The lowest BCUT2D eigenvalue weighted by Gasteiger charge is -2.34. The first-order valence-electron chi connectivity index (χ1n) is 11.1. The van der Waals surface area contributed by atoms with Gasteiger partial charge in [-0.3, -0.25) is 15.0 Å². The Kier molecular flexibility index (Phi) is 5.88. The summed E-state index contributed by atoms with van der Waals surface area (Å²) in [5.74, 6) is 1.14. The molecular weight excluding hydrogens is 400 g/mol. The van der Waals surface area contributed by atoms with Crippen LogP contribution in [0.3, 0.4) is 0 Å². The third kappa shape index (κ3) is 4.24. The summed E-state index contributed by atoms with van der Waals surface area (Å²) < 4.78 is 5.34. The fourth-order valence-corrected chi connectivity index (χ4v) is 4.68. The van der Waals surface area contributed by atoms with Gasteiger partial charge in [0.15, 0.2) is 0 Å². The first-order chi connectivity index (χ1) is 15.7. The lowest BCUT2D eigenvalue weighted by Crippen LogP contribution is -2.35. The number of fused-ring (bicyclic) bond motifs is 1. The quantitative estimate of drug-likeness (QED) is 0.470. The molecule has 32 heavy (non-hydrogen) atoms. The second-order valence-corrected chi connectivity index (χ2v) is 8.54. The van der Waals surface area contributed by atoms with Crippen LogP contribution in [0, 0.1) is 5.92 Å². The number of pyridine rings is 1. The van der Waals surface area contributed by atoms with Gasteiger partial charge in [0.2, 0.25) is 0 Å². The van der Waals surface area contributed by atoms with Gasteiger partial charge in [0.05, 0.1) is 25.1 Å². The van der Waals surface area contributed by atoms with E-state index < -0.39 is 6.10 Å². The number of H-pyrrole nitrogens is 1. The van der Waals surface area contributed by atoms with Gasteiger partial charge in [0.25, 0.3) is 0 Å². The summed E-state index contributed by atoms with van der Waals surface area (Å²) in [6.45, 7) is 2.77. The predicted molar refractivity (Wildman–Crippen MR) is 125 cm³/mol. The largest absolute Gasteiger partial charge is 0.497 e. The molecule has 0 amide bonds. The average Bonchev–Trinajstić information content (AvgIpc) is 3.32. The normalized spacial score (nSPS) is 16.3. The summed E-state index contributed by atoms with van der Waals surface area (Å²) in [5.41, 5.74) is 4.32. The number of aromatic nitrogens is 3. The van der Waals surface area contributed by atoms with Crippen LogP contribution in [0.5, 0.6) is 5.75 Å². The van der Waals surface area contributed by atoms with E-state index in [9.17, 15) is 5.11 Å². The number of benzene rings is 2. The molecule has 6 heteroatoms. The third-order valence-electron chi connectivity index (χ3n) is 6.55. The maximum Gasteiger partial charge on any atom is 0.119 e. The topological polar surface area (TPSA) is 74.3 Å². The summed E-state index contributed by atoms with van der Waals surface area (Å²) in [5, 5.41) is 20.6. The minimum Gasteiger partial charge on any atom is -0.497 e. The number of aromatic amines is 1. The van der Waals surface area contributed by atoms with E-state index >= 15 is 0 Å². The van der Waals surface area contributed by atoms with Gasteiger partial charge in [-0.05, 0) is 72.5 Å². The van der Waals surface area contributed by atoms with Crippen LogP contribution in [-0.4, -0.2) is 45.4 Å². The number of piperidine rings is 1. The van der Waals surface area contributed by atoms with E-state index in [1.807, 2.05) is 24.4 Å². The highest BCUT2D eigenvalue weighted by Crippen LogP contribution is 2.32. The molecule has 5 rings (SSSR count). The minimum absolute atomic E-state index is 0.275. The van der Waals surface area contributed by atoms with Crippen LogP contribution >= 0.6 is 0 Å². The number of nitrogens with one attached hydrogen (secondary N) is 1. The molecule has 1 aliphatic heterocycles. The van der Waals surface area contributed by atoms with E-state index in [2.05, 4.69) is 50.4 Å². The molecule has 0 radical (unpaired) electrons. The Morgan fingerprint density at radius 3 is 2.69 bits per heavy atom. The smallest absolute Gasteiger partial charge is 0.119 e. The molecule has 0 saturated carbocycles. The van der Waals surface area contributed by atoms with Gasteiger partial charge in [-0.15, -0.1) is 0 Å². The number of hydrogen-bond acceptors (Lipinski definition) is 5. The zero-order valence-corrected chi connectivity index (χ0v) is 18.2. The Hall–Kier alpha value is -3.22. The fourth-order valence-electron chi connectivity index (χ4n) is 4.68. The van der Waals surface area contributed by atoms with Gasteiger partial charge < -0.3 is 9.84 Å². The van der Waals surface area contributed by atoms with Gasteiger partial charge in [-0.2, -0.15) is 5.10 Å². The second kappa shape index (κ2) is 9.10. The number of ether oxygens (including phenoxy) is 1. The number of hydrogen-bond donors (Lipinski definition) is 2. The summed E-state index contributed by atoms with van der Waals surface area (Å²) >= 11 is 0. The van der Waals surface area contributed by atoms with E-state index in [1.54, 1.807) is 19.5 Å². The SMILES string of the molecule is COc1ccc2cc(-c3[nH]ncc3CN3CCC([C@H](O)c4cccnc4)CC3)ccc2c1. The Morgan fingerprint density at radius 1 is 1.09 bits per heavy atom. The highest BCUT2D eigenvalue weighted by Gasteiger charge is 2.27. The Morgan fingerprint density at radius 2 is 1.91 bits per heavy atom. The Balaban J connectivity index is 1.26. The van der Waals surface area contributed by atoms with Gasteiger partial charge in [0.1, 0.15) is 5.75 Å². The molecule has 2 N–H and O–H groups in total. The highest BCUT2D eigenvalue weighted by molar-refractivity contribution is 5.88. The second-order valence-electron chi connectivity index (χ2n) is 8.54. The van der Waals surface area contributed by atoms with Crippen LogP contribution < -0.4 is 4.74 Å². The van der Waals surface area contributed by atoms with Crippen LogP contribution in [0.1, 0.15) is 30.1 Å². The van der Waals surface area contributed by atoms with E-state index in [0.717, 1.165) is 60.4 Å². The zero-order chi connectivity index (χ0) is 21.9. The van der Waals surface area contributed by atoms with E-state index in [4.69, 9.17) is 4.74 Å². The predicted octanol–water partition coefficient (Wildman–Crippen LogP) is 4.58. The Labute approximate surface area is 187 Å². The van der Waals surface area contributed by atoms with Crippen molar-refractivity contribution in [3.05, 3.63) is 78.2 Å². The highest BCUT2D eigenvalue weighted by atomic mass is 16.5. The summed E-state index contributed by atoms with van der Waals surface area (Å²) in [7, 11) is 1.69. The number of aliphatic hydroxyl groups is 1. The molecule has 6 nitrogen and oxygen atoms in total. The first kappa shape index (κ1) is 20.7. The lowest BCUT2D eigenvalue weighted by atomic mass is 9.88. The van der Waals surface area contributed by atoms with Crippen molar-refractivity contribution in [3.8, 4) is 17.0 Å². The third-order valence-corrected chi connectivity index (χ3v) is 6.55. The zero-order valence-electron chi connectivity index (χ0n) is 18.2. The fraction of sp³-hybridized carbons (Fsp3) is 0.308. The molecule has 4 aromatic rings. The average molecular weight is 429 g/mol. The minimum atomic E-state index is -0.438. The molecule has 0 bridgehead atoms. The summed E-state index contributed by atoms with van der Waals surface area (Å²) in [6.07, 6.45) is 6.96. The van der Waals surface area contributed by atoms with E-state index in [1.165, 1.54) is 10.9 Å². The van der Waals surface area contributed by atoms with Crippen molar-refractivity contribution < 1.29 is 9.84 Å². The molecule has 2 aromatic heterocycles. The molecule has 1 aliphatic rings. The molecule has 164 valence electrons. The van der Waals surface area contributed by atoms with Crippen molar-refractivity contribution in [1.82, 2.24) is 20.1 Å². The number of methoxy groups -OCH3 is 1. The van der Waals surface area contributed by atoms with Crippen molar-refractivity contribution in [3.63, 3.8) is 0 Å². The van der Waals surface area contributed by atoms with Crippen LogP contribution in [0.4, 0.5) is 0 Å². The number of aliphatic hydroxyl groups excluding tert-OH is 1. The summed E-state index contributed by atoms with van der Waals surface area (Å²) in [6, 6.07) is 16.4. The molecule has 3 heterocycles. The maximum atomic E-state index is 10.7. The lowest BCUT2D eigenvalue weighted by molar-refractivity contribution is 0.0566. The van der Waals surface area contributed by atoms with Crippen molar-refractivity contribution in [2.45, 2.75) is 25.5 Å². The van der Waals surface area contributed by atoms with Crippen molar-refractivity contribution in [1.29, 1.82) is 0 Å². The van der Waals surface area contributed by atoms with Crippen molar-refractivity contribution >= 4 is 10.8 Å².